The number of hydrogen-bond donors (Lipinski definition) is 2. The SMILES string of the molecule is OCCNN=Cc1cccc(Br)c1. The molecule has 4 heteroatoms. The van der Waals surface area contributed by atoms with E-state index in [4.69, 9.17) is 5.11 Å². The van der Waals surface area contributed by atoms with Crippen molar-refractivity contribution in [1.82, 2.24) is 5.43 Å². The van der Waals surface area contributed by atoms with E-state index in [9.17, 15) is 0 Å². The van der Waals surface area contributed by atoms with Crippen LogP contribution in [0.15, 0.2) is 33.8 Å². The van der Waals surface area contributed by atoms with Crippen molar-refractivity contribution in [3.63, 3.8) is 0 Å². The topological polar surface area (TPSA) is 44.6 Å². The van der Waals surface area contributed by atoms with Gasteiger partial charge in [0.15, 0.2) is 0 Å². The molecule has 0 atom stereocenters. The van der Waals surface area contributed by atoms with Crippen molar-refractivity contribution in [2.45, 2.75) is 0 Å². The number of hydrazone groups is 1. The molecule has 1 aromatic rings. The van der Waals surface area contributed by atoms with Crippen molar-refractivity contribution in [2.75, 3.05) is 13.2 Å². The lowest BCUT2D eigenvalue weighted by molar-refractivity contribution is 0.294. The predicted octanol–water partition coefficient (Wildman–Crippen LogP) is 1.36. The summed E-state index contributed by atoms with van der Waals surface area (Å²) in [5.41, 5.74) is 3.72. The Hall–Kier alpha value is -0.870. The van der Waals surface area contributed by atoms with E-state index in [1.807, 2.05) is 24.3 Å². The third-order valence-corrected chi connectivity index (χ3v) is 1.87. The van der Waals surface area contributed by atoms with E-state index < -0.39 is 0 Å². The molecule has 0 aliphatic heterocycles. The molecule has 0 spiro atoms. The molecule has 13 heavy (non-hydrogen) atoms. The van der Waals surface area contributed by atoms with Crippen LogP contribution in [0.5, 0.6) is 0 Å². The summed E-state index contributed by atoms with van der Waals surface area (Å²) in [4.78, 5) is 0. The summed E-state index contributed by atoms with van der Waals surface area (Å²) in [6.07, 6.45) is 1.71. The van der Waals surface area contributed by atoms with Crippen molar-refractivity contribution < 1.29 is 5.11 Å². The van der Waals surface area contributed by atoms with Crippen LogP contribution in [-0.4, -0.2) is 24.5 Å². The van der Waals surface area contributed by atoms with Gasteiger partial charge in [0, 0.05) is 4.47 Å². The maximum atomic E-state index is 8.46. The second-order valence-electron chi connectivity index (χ2n) is 2.44. The molecule has 3 nitrogen and oxygen atoms in total. The van der Waals surface area contributed by atoms with Crippen LogP contribution in [0.3, 0.4) is 0 Å². The average molecular weight is 243 g/mol. The summed E-state index contributed by atoms with van der Waals surface area (Å²) in [5, 5.41) is 12.4. The molecule has 0 aliphatic carbocycles. The van der Waals surface area contributed by atoms with Crippen molar-refractivity contribution in [1.29, 1.82) is 0 Å². The Bertz CT molecular complexity index is 289. The predicted molar refractivity (Wildman–Crippen MR) is 56.8 cm³/mol. The smallest absolute Gasteiger partial charge is 0.0620 e. The first kappa shape index (κ1) is 10.2. The van der Waals surface area contributed by atoms with Crippen LogP contribution in [0, 0.1) is 0 Å². The van der Waals surface area contributed by atoms with Crippen LogP contribution in [-0.2, 0) is 0 Å². The molecule has 0 unspecified atom stereocenters. The molecule has 0 aliphatic rings. The Morgan fingerprint density at radius 2 is 2.38 bits per heavy atom. The largest absolute Gasteiger partial charge is 0.394 e. The zero-order valence-electron chi connectivity index (χ0n) is 7.07. The molecule has 0 heterocycles. The highest BCUT2D eigenvalue weighted by Crippen LogP contribution is 2.09. The number of rotatable bonds is 4. The number of hydrogen-bond acceptors (Lipinski definition) is 3. The van der Waals surface area contributed by atoms with Gasteiger partial charge in [0.05, 0.1) is 19.4 Å². The van der Waals surface area contributed by atoms with Crippen molar-refractivity contribution in [3.05, 3.63) is 34.3 Å². The summed E-state index contributed by atoms with van der Waals surface area (Å²) in [6.45, 7) is 0.570. The zero-order valence-corrected chi connectivity index (χ0v) is 8.66. The van der Waals surface area contributed by atoms with E-state index in [0.29, 0.717) is 6.54 Å². The molecule has 0 radical (unpaired) electrons. The van der Waals surface area contributed by atoms with Crippen LogP contribution in [0.1, 0.15) is 5.56 Å². The lowest BCUT2D eigenvalue weighted by Crippen LogP contribution is -2.11. The van der Waals surface area contributed by atoms with Gasteiger partial charge in [-0.25, -0.2) is 0 Å². The number of nitrogens with one attached hydrogen (secondary N) is 1. The molecule has 1 aromatic carbocycles. The highest BCUT2D eigenvalue weighted by atomic mass is 79.9. The van der Waals surface area contributed by atoms with Crippen LogP contribution < -0.4 is 5.43 Å². The van der Waals surface area contributed by atoms with Gasteiger partial charge in [-0.05, 0) is 17.7 Å². The standard InChI is InChI=1S/C9H11BrN2O/c10-9-3-1-2-8(6-9)7-12-11-4-5-13/h1-3,6-7,11,13H,4-5H2. The fraction of sp³-hybridized carbons (Fsp3) is 0.222. The van der Waals surface area contributed by atoms with Crippen LogP contribution >= 0.6 is 15.9 Å². The molecule has 0 fully saturated rings. The lowest BCUT2D eigenvalue weighted by Gasteiger charge is -1.95. The minimum absolute atomic E-state index is 0.0931. The Balaban J connectivity index is 2.48. The monoisotopic (exact) mass is 242 g/mol. The van der Waals surface area contributed by atoms with Gasteiger partial charge in [-0.2, -0.15) is 5.10 Å². The van der Waals surface area contributed by atoms with Gasteiger partial charge < -0.3 is 10.5 Å². The van der Waals surface area contributed by atoms with E-state index in [-0.39, 0.29) is 6.61 Å². The quantitative estimate of drug-likeness (QED) is 0.476. The van der Waals surface area contributed by atoms with E-state index >= 15 is 0 Å². The molecule has 0 saturated heterocycles. The Labute approximate surface area is 85.6 Å². The van der Waals surface area contributed by atoms with E-state index in [0.717, 1.165) is 10.0 Å². The van der Waals surface area contributed by atoms with Gasteiger partial charge in [-0.1, -0.05) is 28.1 Å². The summed E-state index contributed by atoms with van der Waals surface area (Å²) in [7, 11) is 0. The fourth-order valence-corrected chi connectivity index (χ4v) is 1.24. The third kappa shape index (κ3) is 4.05. The van der Waals surface area contributed by atoms with Gasteiger partial charge in [0.25, 0.3) is 0 Å². The van der Waals surface area contributed by atoms with Gasteiger partial charge in [0.1, 0.15) is 0 Å². The summed E-state index contributed by atoms with van der Waals surface area (Å²) in [5.74, 6) is 0. The van der Waals surface area contributed by atoms with E-state index in [2.05, 4.69) is 26.5 Å². The first-order valence-corrected chi connectivity index (χ1v) is 4.74. The number of aliphatic hydroxyl groups excluding tert-OH is 1. The maximum absolute atomic E-state index is 8.46. The third-order valence-electron chi connectivity index (χ3n) is 1.38. The first-order valence-electron chi connectivity index (χ1n) is 3.95. The number of aliphatic hydroxyl groups is 1. The Morgan fingerprint density at radius 1 is 1.54 bits per heavy atom. The summed E-state index contributed by atoms with van der Waals surface area (Å²) < 4.78 is 1.03. The van der Waals surface area contributed by atoms with E-state index in [1.165, 1.54) is 0 Å². The van der Waals surface area contributed by atoms with Gasteiger partial charge in [0.2, 0.25) is 0 Å². The summed E-state index contributed by atoms with van der Waals surface area (Å²) >= 11 is 3.36. The minimum Gasteiger partial charge on any atom is -0.394 e. The Kier molecular flexibility index (Phi) is 4.49. The molecular weight excluding hydrogens is 232 g/mol. The van der Waals surface area contributed by atoms with E-state index in [1.54, 1.807) is 6.21 Å². The molecule has 0 amide bonds. The average Bonchev–Trinajstić information content (AvgIpc) is 2.13. The van der Waals surface area contributed by atoms with Crippen molar-refractivity contribution in [3.8, 4) is 0 Å². The van der Waals surface area contributed by atoms with Crippen molar-refractivity contribution in [2.24, 2.45) is 5.10 Å². The van der Waals surface area contributed by atoms with Crippen molar-refractivity contribution >= 4 is 22.1 Å². The molecule has 0 saturated carbocycles. The molecular formula is C9H11BrN2O. The second-order valence-corrected chi connectivity index (χ2v) is 3.36. The van der Waals surface area contributed by atoms with Crippen LogP contribution in [0.4, 0.5) is 0 Å². The number of nitrogens with zero attached hydrogens (tertiary/aromatic N) is 1. The zero-order chi connectivity index (χ0) is 9.52. The molecule has 0 aromatic heterocycles. The highest BCUT2D eigenvalue weighted by molar-refractivity contribution is 9.10. The normalized spacial score (nSPS) is 10.6. The summed E-state index contributed by atoms with van der Waals surface area (Å²) in [6, 6.07) is 7.81. The van der Waals surface area contributed by atoms with Gasteiger partial charge >= 0.3 is 0 Å². The second kappa shape index (κ2) is 5.72. The fourth-order valence-electron chi connectivity index (χ4n) is 0.822. The first-order chi connectivity index (χ1) is 6.33. The number of halogens is 1. The van der Waals surface area contributed by atoms with Crippen LogP contribution in [0.2, 0.25) is 0 Å². The number of benzene rings is 1. The van der Waals surface area contributed by atoms with Gasteiger partial charge in [-0.15, -0.1) is 0 Å². The van der Waals surface area contributed by atoms with Crippen LogP contribution in [0.25, 0.3) is 0 Å². The molecule has 2 N–H and O–H groups in total. The molecule has 0 bridgehead atoms. The molecule has 1 rings (SSSR count). The molecule has 70 valence electrons. The minimum atomic E-state index is 0.0931. The van der Waals surface area contributed by atoms with Gasteiger partial charge in [-0.3, -0.25) is 0 Å². The maximum Gasteiger partial charge on any atom is 0.0620 e. The highest BCUT2D eigenvalue weighted by Gasteiger charge is 1.88. The Morgan fingerprint density at radius 3 is 3.08 bits per heavy atom. The lowest BCUT2D eigenvalue weighted by atomic mass is 10.2.